The first-order chi connectivity index (χ1) is 16.0. The van der Waals surface area contributed by atoms with E-state index in [4.69, 9.17) is 24.7 Å². The van der Waals surface area contributed by atoms with Crippen LogP contribution in [-0.4, -0.2) is 26.3 Å². The molecule has 1 aliphatic rings. The van der Waals surface area contributed by atoms with Crippen LogP contribution in [0.2, 0.25) is 0 Å². The highest BCUT2D eigenvalue weighted by Crippen LogP contribution is 2.44. The van der Waals surface area contributed by atoms with Crippen molar-refractivity contribution in [3.05, 3.63) is 76.7 Å². The minimum atomic E-state index is -0.795. The number of benzene rings is 2. The monoisotopic (exact) mass is 448 g/mol. The Morgan fingerprint density at radius 2 is 1.91 bits per heavy atom. The normalized spacial score (nSPS) is 15.5. The van der Waals surface area contributed by atoms with Crippen molar-refractivity contribution in [2.75, 3.05) is 20.3 Å². The molecule has 7 nitrogen and oxygen atoms in total. The molecule has 3 rings (SSSR count). The van der Waals surface area contributed by atoms with Crippen molar-refractivity contribution in [3.8, 4) is 17.6 Å². The summed E-state index contributed by atoms with van der Waals surface area (Å²) in [6, 6.07) is 16.6. The smallest absolute Gasteiger partial charge is 0.338 e. The largest absolute Gasteiger partial charge is 0.493 e. The third-order valence-corrected chi connectivity index (χ3v) is 5.23. The molecule has 0 saturated heterocycles. The van der Waals surface area contributed by atoms with Crippen molar-refractivity contribution in [1.29, 1.82) is 5.26 Å². The number of esters is 1. The van der Waals surface area contributed by atoms with Crippen molar-refractivity contribution >= 4 is 11.7 Å². The van der Waals surface area contributed by atoms with E-state index in [9.17, 15) is 10.1 Å². The van der Waals surface area contributed by atoms with E-state index in [1.807, 2.05) is 30.3 Å². The molecule has 0 aromatic heterocycles. The van der Waals surface area contributed by atoms with Crippen LogP contribution in [0, 0.1) is 11.3 Å². The fourth-order valence-corrected chi connectivity index (χ4v) is 3.62. The number of ether oxygens (including phenoxy) is 4. The molecule has 0 radical (unpaired) electrons. The number of methoxy groups -OCH3 is 1. The maximum atomic E-state index is 13.1. The van der Waals surface area contributed by atoms with Crippen LogP contribution in [0.25, 0.3) is 5.76 Å². The maximum absolute atomic E-state index is 13.1. The third kappa shape index (κ3) is 5.12. The lowest BCUT2D eigenvalue weighted by Gasteiger charge is -2.28. The van der Waals surface area contributed by atoms with Gasteiger partial charge in [-0.25, -0.2) is 4.79 Å². The molecular formula is C26H28N2O5. The number of nitrogens with two attached hydrogens (primary N) is 1. The maximum Gasteiger partial charge on any atom is 0.338 e. The lowest BCUT2D eigenvalue weighted by atomic mass is 9.82. The Balaban J connectivity index is 2.18. The van der Waals surface area contributed by atoms with Crippen molar-refractivity contribution in [1.82, 2.24) is 0 Å². The van der Waals surface area contributed by atoms with Gasteiger partial charge in [0.2, 0.25) is 5.88 Å². The zero-order valence-corrected chi connectivity index (χ0v) is 19.1. The van der Waals surface area contributed by atoms with Gasteiger partial charge in [0.1, 0.15) is 17.4 Å². The lowest BCUT2D eigenvalue weighted by Crippen LogP contribution is -2.26. The number of unbranched alkanes of at least 4 members (excludes halogenated alkanes) is 1. The first kappa shape index (κ1) is 23.7. The fraction of sp³-hybridized carbons (Fsp3) is 0.308. The van der Waals surface area contributed by atoms with E-state index >= 15 is 0 Å². The van der Waals surface area contributed by atoms with Crippen LogP contribution in [0.5, 0.6) is 11.5 Å². The molecule has 0 aliphatic carbocycles. The van der Waals surface area contributed by atoms with Gasteiger partial charge in [-0.05, 0) is 31.0 Å². The van der Waals surface area contributed by atoms with Crippen LogP contribution < -0.4 is 15.2 Å². The zero-order valence-electron chi connectivity index (χ0n) is 19.1. The minimum absolute atomic E-state index is 0.0587. The predicted molar refractivity (Wildman–Crippen MR) is 124 cm³/mol. The van der Waals surface area contributed by atoms with E-state index in [0.717, 1.165) is 12.8 Å². The summed E-state index contributed by atoms with van der Waals surface area (Å²) < 4.78 is 22.5. The summed E-state index contributed by atoms with van der Waals surface area (Å²) in [5, 5.41) is 9.91. The third-order valence-electron chi connectivity index (χ3n) is 5.23. The predicted octanol–water partition coefficient (Wildman–Crippen LogP) is 4.66. The van der Waals surface area contributed by atoms with Crippen LogP contribution in [-0.2, 0) is 14.3 Å². The summed E-state index contributed by atoms with van der Waals surface area (Å²) in [5.74, 6) is -0.0903. The first-order valence-electron chi connectivity index (χ1n) is 10.9. The van der Waals surface area contributed by atoms with Crippen LogP contribution >= 0.6 is 0 Å². The van der Waals surface area contributed by atoms with Crippen molar-refractivity contribution < 1.29 is 23.7 Å². The second kappa shape index (κ2) is 11.1. The number of carbonyl (C=O) groups excluding carboxylic acids is 1. The highest BCUT2D eigenvalue weighted by atomic mass is 16.5. The Kier molecular flexibility index (Phi) is 7.98. The number of rotatable bonds is 9. The van der Waals surface area contributed by atoms with Gasteiger partial charge in [-0.2, -0.15) is 5.26 Å². The number of hydrogen-bond donors (Lipinski definition) is 1. The molecule has 0 spiro atoms. The Hall–Kier alpha value is -3.92. The van der Waals surface area contributed by atoms with E-state index in [-0.39, 0.29) is 29.4 Å². The van der Waals surface area contributed by atoms with Gasteiger partial charge < -0.3 is 24.7 Å². The highest BCUT2D eigenvalue weighted by molar-refractivity contribution is 6.00. The van der Waals surface area contributed by atoms with E-state index < -0.39 is 11.9 Å². The number of nitrogens with zero attached hydrogens (tertiary/aromatic N) is 1. The van der Waals surface area contributed by atoms with Crippen LogP contribution in [0.15, 0.2) is 65.6 Å². The van der Waals surface area contributed by atoms with Crippen molar-refractivity contribution in [3.63, 3.8) is 0 Å². The summed E-state index contributed by atoms with van der Waals surface area (Å²) in [7, 11) is 1.54. The van der Waals surface area contributed by atoms with Gasteiger partial charge in [-0.3, -0.25) is 0 Å². The molecule has 1 heterocycles. The van der Waals surface area contributed by atoms with Crippen LogP contribution in [0.4, 0.5) is 0 Å². The second-order valence-electron chi connectivity index (χ2n) is 7.37. The molecule has 1 atom stereocenters. The van der Waals surface area contributed by atoms with E-state index in [1.54, 1.807) is 32.2 Å². The Labute approximate surface area is 194 Å². The molecule has 0 fully saturated rings. The minimum Gasteiger partial charge on any atom is -0.493 e. The van der Waals surface area contributed by atoms with Gasteiger partial charge in [0.25, 0.3) is 0 Å². The molecule has 7 heteroatoms. The number of allylic oxidation sites excluding steroid dienone is 1. The summed E-state index contributed by atoms with van der Waals surface area (Å²) in [4.78, 5) is 13.1. The summed E-state index contributed by atoms with van der Waals surface area (Å²) in [6.07, 6.45) is 1.92. The van der Waals surface area contributed by atoms with Crippen molar-refractivity contribution in [2.24, 2.45) is 5.73 Å². The van der Waals surface area contributed by atoms with E-state index in [1.165, 1.54) is 0 Å². The molecule has 0 saturated carbocycles. The van der Waals surface area contributed by atoms with Gasteiger partial charge in [-0.15, -0.1) is 0 Å². The quantitative estimate of drug-likeness (QED) is 0.440. The van der Waals surface area contributed by atoms with Gasteiger partial charge in [0.05, 0.1) is 31.8 Å². The molecule has 2 aromatic rings. The molecule has 2 N–H and O–H groups in total. The number of nitriles is 1. The Morgan fingerprint density at radius 3 is 2.55 bits per heavy atom. The standard InChI is InChI=1S/C26H28N2O5/c1-4-6-14-32-20-13-12-18(15-21(20)30-3)22-19(16-27)25(28)33-24(17-10-8-7-9-11-17)23(22)26(29)31-5-2/h7-13,15,22H,4-6,14,28H2,1-3H3/t22-/m1/s1. The van der Waals surface area contributed by atoms with Crippen LogP contribution in [0.3, 0.4) is 0 Å². The lowest BCUT2D eigenvalue weighted by molar-refractivity contribution is -0.138. The summed E-state index contributed by atoms with van der Waals surface area (Å²) in [6.45, 7) is 4.54. The zero-order chi connectivity index (χ0) is 23.8. The second-order valence-corrected chi connectivity index (χ2v) is 7.37. The summed E-state index contributed by atoms with van der Waals surface area (Å²) in [5.41, 5.74) is 7.77. The average molecular weight is 449 g/mol. The topological polar surface area (TPSA) is 104 Å². The molecule has 172 valence electrons. The van der Waals surface area contributed by atoms with Gasteiger partial charge in [0.15, 0.2) is 11.5 Å². The Bertz CT molecular complexity index is 1100. The number of carbonyl (C=O) groups is 1. The first-order valence-corrected chi connectivity index (χ1v) is 10.9. The van der Waals surface area contributed by atoms with Crippen LogP contribution in [0.1, 0.15) is 43.7 Å². The molecular weight excluding hydrogens is 420 g/mol. The molecule has 2 aromatic carbocycles. The fourth-order valence-electron chi connectivity index (χ4n) is 3.62. The molecule has 0 unspecified atom stereocenters. The number of hydrogen-bond acceptors (Lipinski definition) is 7. The van der Waals surface area contributed by atoms with Gasteiger partial charge >= 0.3 is 5.97 Å². The summed E-state index contributed by atoms with van der Waals surface area (Å²) >= 11 is 0. The molecule has 33 heavy (non-hydrogen) atoms. The van der Waals surface area contributed by atoms with Gasteiger partial charge in [-0.1, -0.05) is 49.7 Å². The molecule has 1 aliphatic heterocycles. The SMILES string of the molecule is CCCCOc1ccc([C@@H]2C(C#N)=C(N)OC(c3ccccc3)=C2C(=O)OCC)cc1OC. The average Bonchev–Trinajstić information content (AvgIpc) is 2.84. The van der Waals surface area contributed by atoms with Gasteiger partial charge in [0, 0.05) is 5.56 Å². The van der Waals surface area contributed by atoms with E-state index in [0.29, 0.717) is 29.2 Å². The molecule has 0 amide bonds. The van der Waals surface area contributed by atoms with E-state index in [2.05, 4.69) is 13.0 Å². The highest BCUT2D eigenvalue weighted by Gasteiger charge is 2.38. The molecule has 0 bridgehead atoms. The van der Waals surface area contributed by atoms with Crippen molar-refractivity contribution in [2.45, 2.75) is 32.6 Å². The Morgan fingerprint density at radius 1 is 1.15 bits per heavy atom.